The molecule has 3 rings (SSSR count). The molecule has 0 unspecified atom stereocenters. The Morgan fingerprint density at radius 2 is 2.06 bits per heavy atom. The summed E-state index contributed by atoms with van der Waals surface area (Å²) in [6, 6.07) is 4.96. The summed E-state index contributed by atoms with van der Waals surface area (Å²) < 4.78 is 0. The summed E-state index contributed by atoms with van der Waals surface area (Å²) in [5.41, 5.74) is 1.34. The zero-order valence-electron chi connectivity index (χ0n) is 11.0. The van der Waals surface area contributed by atoms with Gasteiger partial charge in [-0.1, -0.05) is 6.07 Å². The van der Waals surface area contributed by atoms with Crippen LogP contribution in [0.2, 0.25) is 0 Å². The van der Waals surface area contributed by atoms with Crippen LogP contribution in [0.25, 0.3) is 0 Å². The minimum atomic E-state index is 0.760. The third-order valence-electron chi connectivity index (χ3n) is 4.11. The van der Waals surface area contributed by atoms with E-state index in [-0.39, 0.29) is 0 Å². The summed E-state index contributed by atoms with van der Waals surface area (Å²) in [4.78, 5) is 6.73. The Labute approximate surface area is 110 Å². The van der Waals surface area contributed by atoms with Gasteiger partial charge < -0.3 is 5.32 Å². The SMILES string of the molecule is c1cncc(CN2CCC(NCC3CC3)CC2)c1. The molecular weight excluding hydrogens is 222 g/mol. The van der Waals surface area contributed by atoms with E-state index in [1.807, 2.05) is 18.5 Å². The van der Waals surface area contributed by atoms with Gasteiger partial charge in [0.2, 0.25) is 0 Å². The van der Waals surface area contributed by atoms with E-state index in [1.165, 1.54) is 50.9 Å². The van der Waals surface area contributed by atoms with E-state index in [2.05, 4.69) is 21.3 Å². The molecule has 1 saturated heterocycles. The molecule has 1 aromatic rings. The number of piperidine rings is 1. The summed E-state index contributed by atoms with van der Waals surface area (Å²) in [5, 5.41) is 3.73. The normalized spacial score (nSPS) is 22.2. The first-order chi connectivity index (χ1) is 8.90. The number of aromatic nitrogens is 1. The Hall–Kier alpha value is -0.930. The van der Waals surface area contributed by atoms with Gasteiger partial charge in [-0.05, 0) is 62.9 Å². The number of rotatable bonds is 5. The van der Waals surface area contributed by atoms with Crippen LogP contribution in [0.15, 0.2) is 24.5 Å². The van der Waals surface area contributed by atoms with Crippen molar-refractivity contribution in [3.63, 3.8) is 0 Å². The van der Waals surface area contributed by atoms with Crippen molar-refractivity contribution >= 4 is 0 Å². The van der Waals surface area contributed by atoms with E-state index in [0.717, 1.165) is 18.5 Å². The van der Waals surface area contributed by atoms with Crippen molar-refractivity contribution in [1.29, 1.82) is 0 Å². The lowest BCUT2D eigenvalue weighted by molar-refractivity contribution is 0.190. The van der Waals surface area contributed by atoms with Crippen molar-refractivity contribution in [2.75, 3.05) is 19.6 Å². The number of nitrogens with one attached hydrogen (secondary N) is 1. The second kappa shape index (κ2) is 5.81. The second-order valence-corrected chi connectivity index (χ2v) is 5.76. The minimum Gasteiger partial charge on any atom is -0.314 e. The van der Waals surface area contributed by atoms with Crippen LogP contribution < -0.4 is 5.32 Å². The van der Waals surface area contributed by atoms with Crippen LogP contribution in [-0.2, 0) is 6.54 Å². The molecule has 18 heavy (non-hydrogen) atoms. The maximum absolute atomic E-state index is 4.18. The van der Waals surface area contributed by atoms with E-state index in [4.69, 9.17) is 0 Å². The van der Waals surface area contributed by atoms with Gasteiger partial charge in [0, 0.05) is 25.0 Å². The highest BCUT2D eigenvalue weighted by molar-refractivity contribution is 5.08. The fourth-order valence-corrected chi connectivity index (χ4v) is 2.70. The molecule has 3 nitrogen and oxygen atoms in total. The summed E-state index contributed by atoms with van der Waals surface area (Å²) >= 11 is 0. The van der Waals surface area contributed by atoms with Gasteiger partial charge in [-0.15, -0.1) is 0 Å². The lowest BCUT2D eigenvalue weighted by Gasteiger charge is -2.32. The Bertz CT molecular complexity index is 353. The maximum atomic E-state index is 4.18. The third-order valence-corrected chi connectivity index (χ3v) is 4.11. The molecule has 3 heteroatoms. The van der Waals surface area contributed by atoms with Gasteiger partial charge in [-0.25, -0.2) is 0 Å². The van der Waals surface area contributed by atoms with Crippen molar-refractivity contribution in [3.05, 3.63) is 30.1 Å². The number of hydrogen-bond donors (Lipinski definition) is 1. The largest absolute Gasteiger partial charge is 0.314 e. The smallest absolute Gasteiger partial charge is 0.0312 e. The van der Waals surface area contributed by atoms with Gasteiger partial charge in [-0.3, -0.25) is 9.88 Å². The highest BCUT2D eigenvalue weighted by atomic mass is 15.1. The molecule has 0 atom stereocenters. The molecule has 1 aliphatic carbocycles. The molecule has 1 saturated carbocycles. The quantitative estimate of drug-likeness (QED) is 0.860. The van der Waals surface area contributed by atoms with Crippen molar-refractivity contribution in [2.24, 2.45) is 5.92 Å². The third kappa shape index (κ3) is 3.53. The van der Waals surface area contributed by atoms with Crippen LogP contribution in [0.5, 0.6) is 0 Å². The number of likely N-dealkylation sites (tertiary alicyclic amines) is 1. The molecule has 2 aliphatic rings. The van der Waals surface area contributed by atoms with E-state index in [0.29, 0.717) is 0 Å². The molecule has 0 aromatic carbocycles. The zero-order valence-corrected chi connectivity index (χ0v) is 11.0. The van der Waals surface area contributed by atoms with Crippen molar-refractivity contribution in [3.8, 4) is 0 Å². The highest BCUT2D eigenvalue weighted by Crippen LogP contribution is 2.28. The van der Waals surface area contributed by atoms with Crippen LogP contribution in [0.3, 0.4) is 0 Å². The predicted octanol–water partition coefficient (Wildman–Crippen LogP) is 2.05. The fourth-order valence-electron chi connectivity index (χ4n) is 2.70. The molecule has 0 amide bonds. The molecular formula is C15H23N3. The summed E-state index contributed by atoms with van der Waals surface area (Å²) in [5.74, 6) is 0.999. The van der Waals surface area contributed by atoms with Crippen LogP contribution in [0.4, 0.5) is 0 Å². The van der Waals surface area contributed by atoms with E-state index in [9.17, 15) is 0 Å². The Balaban J connectivity index is 1.39. The highest BCUT2D eigenvalue weighted by Gasteiger charge is 2.24. The standard InChI is InChI=1S/C15H23N3/c1-2-14(10-16-7-1)12-18-8-5-15(6-9-18)17-11-13-3-4-13/h1-2,7,10,13,15,17H,3-6,8-9,11-12H2. The maximum Gasteiger partial charge on any atom is 0.0312 e. The molecule has 1 N–H and O–H groups in total. The van der Waals surface area contributed by atoms with Gasteiger partial charge in [0.15, 0.2) is 0 Å². The van der Waals surface area contributed by atoms with Crippen LogP contribution in [0, 0.1) is 5.92 Å². The van der Waals surface area contributed by atoms with E-state index in [1.54, 1.807) is 0 Å². The molecule has 2 fully saturated rings. The summed E-state index contributed by atoms with van der Waals surface area (Å²) in [6.45, 7) is 4.75. The lowest BCUT2D eigenvalue weighted by Crippen LogP contribution is -2.42. The zero-order chi connectivity index (χ0) is 12.2. The number of pyridine rings is 1. The minimum absolute atomic E-state index is 0.760. The first-order valence-corrected chi connectivity index (χ1v) is 7.25. The monoisotopic (exact) mass is 245 g/mol. The van der Waals surface area contributed by atoms with Crippen molar-refractivity contribution in [1.82, 2.24) is 15.2 Å². The van der Waals surface area contributed by atoms with Gasteiger partial charge in [0.1, 0.15) is 0 Å². The first kappa shape index (κ1) is 12.1. The summed E-state index contributed by atoms with van der Waals surface area (Å²) in [6.07, 6.45) is 9.33. The molecule has 0 bridgehead atoms. The molecule has 0 spiro atoms. The van der Waals surface area contributed by atoms with Crippen molar-refractivity contribution in [2.45, 2.75) is 38.3 Å². The van der Waals surface area contributed by atoms with Crippen LogP contribution >= 0.6 is 0 Å². The Morgan fingerprint density at radius 1 is 1.22 bits per heavy atom. The average molecular weight is 245 g/mol. The average Bonchev–Trinajstić information content (AvgIpc) is 3.23. The van der Waals surface area contributed by atoms with Gasteiger partial charge in [0.25, 0.3) is 0 Å². The molecule has 1 aliphatic heterocycles. The molecule has 98 valence electrons. The fraction of sp³-hybridized carbons (Fsp3) is 0.667. The van der Waals surface area contributed by atoms with E-state index >= 15 is 0 Å². The Kier molecular flexibility index (Phi) is 3.91. The number of hydrogen-bond acceptors (Lipinski definition) is 3. The topological polar surface area (TPSA) is 28.2 Å². The van der Waals surface area contributed by atoms with E-state index < -0.39 is 0 Å². The number of nitrogens with zero attached hydrogens (tertiary/aromatic N) is 2. The summed E-state index contributed by atoms with van der Waals surface area (Å²) in [7, 11) is 0. The van der Waals surface area contributed by atoms with Crippen LogP contribution in [-0.4, -0.2) is 35.6 Å². The second-order valence-electron chi connectivity index (χ2n) is 5.76. The van der Waals surface area contributed by atoms with Crippen molar-refractivity contribution < 1.29 is 0 Å². The van der Waals surface area contributed by atoms with Gasteiger partial charge in [-0.2, -0.15) is 0 Å². The Morgan fingerprint density at radius 3 is 2.72 bits per heavy atom. The van der Waals surface area contributed by atoms with Gasteiger partial charge in [0.05, 0.1) is 0 Å². The molecule has 2 heterocycles. The molecule has 0 radical (unpaired) electrons. The first-order valence-electron chi connectivity index (χ1n) is 7.25. The van der Waals surface area contributed by atoms with Crippen LogP contribution in [0.1, 0.15) is 31.2 Å². The lowest BCUT2D eigenvalue weighted by atomic mass is 10.0. The van der Waals surface area contributed by atoms with Gasteiger partial charge >= 0.3 is 0 Å². The predicted molar refractivity (Wildman–Crippen MR) is 73.3 cm³/mol. The molecule has 1 aromatic heterocycles.